The Kier molecular flexibility index (Phi) is 4.54. The summed E-state index contributed by atoms with van der Waals surface area (Å²) in [6, 6.07) is 9.89. The van der Waals surface area contributed by atoms with Gasteiger partial charge in [0.2, 0.25) is 5.91 Å². The second kappa shape index (κ2) is 6.38. The SMILES string of the molecule is C[C@]1(C(=O)N/N=C\c2cccn2-c2cccc([N+](=O)[O-])c2)CC1(Br)Br. The minimum atomic E-state index is -0.549. The molecule has 1 saturated carbocycles. The van der Waals surface area contributed by atoms with Gasteiger partial charge in [-0.2, -0.15) is 5.10 Å². The van der Waals surface area contributed by atoms with Crippen molar-refractivity contribution in [2.24, 2.45) is 10.5 Å². The Morgan fingerprint density at radius 1 is 1.40 bits per heavy atom. The van der Waals surface area contributed by atoms with Crippen LogP contribution in [-0.2, 0) is 4.79 Å². The summed E-state index contributed by atoms with van der Waals surface area (Å²) >= 11 is 6.89. The molecule has 3 rings (SSSR count). The van der Waals surface area contributed by atoms with Crippen LogP contribution in [0.25, 0.3) is 5.69 Å². The third-order valence-corrected chi connectivity index (χ3v) is 6.53. The van der Waals surface area contributed by atoms with E-state index >= 15 is 0 Å². The fourth-order valence-corrected chi connectivity index (χ4v) is 3.90. The second-order valence-corrected chi connectivity index (χ2v) is 9.76. The standard InChI is InChI=1S/C16H14Br2N4O3/c1-15(10-16(15,17)18)14(23)20-19-9-13-6-3-7-21(13)11-4-2-5-12(8-11)22(24)25/h2-9H,10H2,1H3,(H,20,23)/b19-9-/t15-/m1/s1. The maximum atomic E-state index is 12.2. The van der Waals surface area contributed by atoms with Gasteiger partial charge in [-0.25, -0.2) is 5.43 Å². The summed E-state index contributed by atoms with van der Waals surface area (Å²) in [6.07, 6.45) is 3.95. The molecule has 1 aliphatic rings. The number of amides is 1. The van der Waals surface area contributed by atoms with Crippen LogP contribution in [0.5, 0.6) is 0 Å². The van der Waals surface area contributed by atoms with Crippen molar-refractivity contribution in [3.05, 3.63) is 58.4 Å². The number of aromatic nitrogens is 1. The number of nitro benzene ring substituents is 1. The molecule has 1 aromatic heterocycles. The minimum absolute atomic E-state index is 0.00929. The highest BCUT2D eigenvalue weighted by Gasteiger charge is 2.66. The van der Waals surface area contributed by atoms with E-state index in [9.17, 15) is 14.9 Å². The van der Waals surface area contributed by atoms with Crippen LogP contribution in [0, 0.1) is 15.5 Å². The topological polar surface area (TPSA) is 89.5 Å². The Morgan fingerprint density at radius 3 is 2.76 bits per heavy atom. The van der Waals surface area contributed by atoms with Gasteiger partial charge in [0.15, 0.2) is 0 Å². The highest BCUT2D eigenvalue weighted by molar-refractivity contribution is 9.25. The molecule has 9 heteroatoms. The zero-order valence-electron chi connectivity index (χ0n) is 13.1. The molecule has 0 spiro atoms. The fraction of sp³-hybridized carbons (Fsp3) is 0.250. The predicted octanol–water partition coefficient (Wildman–Crippen LogP) is 3.73. The summed E-state index contributed by atoms with van der Waals surface area (Å²) in [4.78, 5) is 22.7. The first-order chi connectivity index (χ1) is 11.7. The lowest BCUT2D eigenvalue weighted by molar-refractivity contribution is -0.384. The molecule has 1 amide bonds. The number of alkyl halides is 2. The lowest BCUT2D eigenvalue weighted by Gasteiger charge is -2.10. The van der Waals surface area contributed by atoms with E-state index in [0.29, 0.717) is 17.8 Å². The molecule has 7 nitrogen and oxygen atoms in total. The van der Waals surface area contributed by atoms with Crippen molar-refractivity contribution in [3.8, 4) is 5.69 Å². The van der Waals surface area contributed by atoms with E-state index in [0.717, 1.165) is 0 Å². The number of hydrogen-bond donors (Lipinski definition) is 1. The summed E-state index contributed by atoms with van der Waals surface area (Å²) < 4.78 is 1.37. The molecule has 1 fully saturated rings. The quantitative estimate of drug-likeness (QED) is 0.313. The number of carbonyl (C=O) groups is 1. The van der Waals surface area contributed by atoms with Crippen molar-refractivity contribution in [1.82, 2.24) is 9.99 Å². The smallest absolute Gasteiger partial charge is 0.271 e. The van der Waals surface area contributed by atoms with Crippen LogP contribution in [0.1, 0.15) is 19.0 Å². The van der Waals surface area contributed by atoms with Crippen molar-refractivity contribution < 1.29 is 9.72 Å². The van der Waals surface area contributed by atoms with Crippen molar-refractivity contribution in [3.63, 3.8) is 0 Å². The summed E-state index contributed by atoms with van der Waals surface area (Å²) in [7, 11) is 0. The van der Waals surface area contributed by atoms with E-state index in [1.54, 1.807) is 35.0 Å². The molecule has 1 N–H and O–H groups in total. The van der Waals surface area contributed by atoms with E-state index in [4.69, 9.17) is 0 Å². The van der Waals surface area contributed by atoms with Gasteiger partial charge in [-0.05, 0) is 31.5 Å². The molecule has 25 heavy (non-hydrogen) atoms. The largest absolute Gasteiger partial charge is 0.315 e. The van der Waals surface area contributed by atoms with Gasteiger partial charge in [-0.3, -0.25) is 14.9 Å². The Labute approximate surface area is 160 Å². The number of nitrogens with zero attached hydrogens (tertiary/aromatic N) is 3. The number of carbonyl (C=O) groups excluding carboxylic acids is 1. The second-order valence-electron chi connectivity index (χ2n) is 5.99. The molecule has 1 aliphatic carbocycles. The molecule has 0 aliphatic heterocycles. The third kappa shape index (κ3) is 3.38. The van der Waals surface area contributed by atoms with Crippen LogP contribution in [0.15, 0.2) is 47.7 Å². The molecule has 1 aromatic carbocycles. The number of hydrazone groups is 1. The number of non-ortho nitro benzene ring substituents is 1. The number of nitro groups is 1. The van der Waals surface area contributed by atoms with Gasteiger partial charge in [0, 0.05) is 18.3 Å². The zero-order valence-corrected chi connectivity index (χ0v) is 16.3. The molecule has 0 unspecified atom stereocenters. The van der Waals surface area contributed by atoms with Gasteiger partial charge in [-0.15, -0.1) is 0 Å². The van der Waals surface area contributed by atoms with Gasteiger partial charge >= 0.3 is 0 Å². The fourth-order valence-electron chi connectivity index (χ4n) is 2.42. The third-order valence-electron chi connectivity index (χ3n) is 4.22. The van der Waals surface area contributed by atoms with E-state index in [2.05, 4.69) is 42.4 Å². The molecule has 0 radical (unpaired) electrons. The van der Waals surface area contributed by atoms with Gasteiger partial charge in [0.1, 0.15) is 0 Å². The van der Waals surface area contributed by atoms with Gasteiger partial charge in [-0.1, -0.05) is 37.9 Å². The van der Waals surface area contributed by atoms with Crippen molar-refractivity contribution in [2.45, 2.75) is 16.6 Å². The number of halogens is 2. The maximum absolute atomic E-state index is 12.2. The number of nitrogens with one attached hydrogen (secondary N) is 1. The maximum Gasteiger partial charge on any atom is 0.271 e. The molecular weight excluding hydrogens is 456 g/mol. The minimum Gasteiger partial charge on any atom is -0.315 e. The average Bonchev–Trinajstić information content (AvgIpc) is 2.90. The highest BCUT2D eigenvalue weighted by atomic mass is 79.9. The van der Waals surface area contributed by atoms with Crippen molar-refractivity contribution >= 4 is 49.7 Å². The van der Waals surface area contributed by atoms with Crippen molar-refractivity contribution in [2.75, 3.05) is 0 Å². The lowest BCUT2D eigenvalue weighted by atomic mass is 10.1. The molecule has 130 valence electrons. The first kappa shape index (κ1) is 17.8. The molecule has 1 heterocycles. The predicted molar refractivity (Wildman–Crippen MR) is 101 cm³/mol. The number of rotatable bonds is 5. The summed E-state index contributed by atoms with van der Waals surface area (Å²) in [5.74, 6) is -0.189. The Morgan fingerprint density at radius 2 is 2.12 bits per heavy atom. The van der Waals surface area contributed by atoms with Gasteiger partial charge in [0.05, 0.1) is 31.2 Å². The normalized spacial score (nSPS) is 21.2. The highest BCUT2D eigenvalue weighted by Crippen LogP contribution is 2.66. The first-order valence-corrected chi connectivity index (χ1v) is 8.97. The molecule has 1 atom stereocenters. The Bertz CT molecular complexity index is 878. The average molecular weight is 470 g/mol. The van der Waals surface area contributed by atoms with Gasteiger partial charge < -0.3 is 4.57 Å². The van der Waals surface area contributed by atoms with E-state index < -0.39 is 10.3 Å². The van der Waals surface area contributed by atoms with Crippen LogP contribution in [0.4, 0.5) is 5.69 Å². The van der Waals surface area contributed by atoms with Crippen LogP contribution in [0.2, 0.25) is 0 Å². The van der Waals surface area contributed by atoms with Gasteiger partial charge in [0.25, 0.3) is 5.69 Å². The molecule has 0 saturated heterocycles. The van der Waals surface area contributed by atoms with E-state index in [1.807, 2.05) is 6.92 Å². The Hall–Kier alpha value is -2.00. The molecular formula is C16H14Br2N4O3. The Balaban J connectivity index is 1.75. The number of hydrogen-bond acceptors (Lipinski definition) is 4. The molecule has 2 aromatic rings. The van der Waals surface area contributed by atoms with Crippen LogP contribution >= 0.6 is 31.9 Å². The van der Waals surface area contributed by atoms with Crippen LogP contribution in [0.3, 0.4) is 0 Å². The monoisotopic (exact) mass is 468 g/mol. The van der Waals surface area contributed by atoms with E-state index in [-0.39, 0.29) is 14.8 Å². The summed E-state index contributed by atoms with van der Waals surface area (Å²) in [5.41, 5.74) is 3.32. The van der Waals surface area contributed by atoms with Crippen LogP contribution in [-0.4, -0.2) is 24.8 Å². The van der Waals surface area contributed by atoms with Crippen molar-refractivity contribution in [1.29, 1.82) is 0 Å². The first-order valence-electron chi connectivity index (χ1n) is 7.38. The summed E-state index contributed by atoms with van der Waals surface area (Å²) in [6.45, 7) is 1.84. The van der Waals surface area contributed by atoms with E-state index in [1.165, 1.54) is 18.3 Å². The number of benzene rings is 1. The van der Waals surface area contributed by atoms with Crippen LogP contribution < -0.4 is 5.43 Å². The zero-order chi connectivity index (χ0) is 18.2. The molecule has 0 bridgehead atoms. The summed E-state index contributed by atoms with van der Waals surface area (Å²) in [5, 5.41) is 14.9. The lowest BCUT2D eigenvalue weighted by Crippen LogP contribution is -2.29.